The molecule has 2 aliphatic heterocycles. The summed E-state index contributed by atoms with van der Waals surface area (Å²) in [7, 11) is -3.00. The molecule has 1 atom stereocenters. The molecular formula is C18H32N2O3S. The van der Waals surface area contributed by atoms with Gasteiger partial charge in [0.25, 0.3) is 0 Å². The lowest BCUT2D eigenvalue weighted by molar-refractivity contribution is -0.165. The van der Waals surface area contributed by atoms with Crippen molar-refractivity contribution in [2.45, 2.75) is 45.4 Å². The van der Waals surface area contributed by atoms with Crippen molar-refractivity contribution in [3.8, 4) is 0 Å². The number of β-lactam (4-membered cyclic amide) rings is 1. The second kappa shape index (κ2) is 6.94. The Morgan fingerprint density at radius 1 is 1.17 bits per heavy atom. The lowest BCUT2D eigenvalue weighted by Gasteiger charge is -2.53. The van der Waals surface area contributed by atoms with Gasteiger partial charge in [-0.25, -0.2) is 8.42 Å². The first-order chi connectivity index (χ1) is 11.3. The highest BCUT2D eigenvalue weighted by Gasteiger charge is 2.53. The average molecular weight is 357 g/mol. The van der Waals surface area contributed by atoms with Gasteiger partial charge in [0, 0.05) is 32.4 Å². The van der Waals surface area contributed by atoms with Gasteiger partial charge in [0.2, 0.25) is 5.91 Å². The largest absolute Gasteiger partial charge is 0.340 e. The fourth-order valence-corrected chi connectivity index (χ4v) is 5.32. The Kier molecular flexibility index (Phi) is 5.26. The third-order valence-electron chi connectivity index (χ3n) is 6.27. The van der Waals surface area contributed by atoms with E-state index in [2.05, 4.69) is 11.8 Å². The van der Waals surface area contributed by atoms with Gasteiger partial charge in [-0.05, 0) is 44.1 Å². The Morgan fingerprint density at radius 3 is 2.50 bits per heavy atom. The van der Waals surface area contributed by atoms with Crippen molar-refractivity contribution in [3.63, 3.8) is 0 Å². The van der Waals surface area contributed by atoms with Crippen LogP contribution in [0.25, 0.3) is 0 Å². The van der Waals surface area contributed by atoms with Crippen molar-refractivity contribution in [3.05, 3.63) is 0 Å². The first-order valence-electron chi connectivity index (χ1n) is 9.47. The van der Waals surface area contributed by atoms with Crippen LogP contribution < -0.4 is 0 Å². The van der Waals surface area contributed by atoms with Crippen LogP contribution >= 0.6 is 0 Å². The topological polar surface area (TPSA) is 57.7 Å². The Balaban J connectivity index is 1.50. The van der Waals surface area contributed by atoms with E-state index >= 15 is 0 Å². The molecule has 0 aromatic carbocycles. The number of likely N-dealkylation sites (tertiary alicyclic amines) is 2. The molecule has 3 rings (SSSR count). The van der Waals surface area contributed by atoms with Crippen molar-refractivity contribution < 1.29 is 13.2 Å². The van der Waals surface area contributed by atoms with E-state index in [0.29, 0.717) is 6.54 Å². The van der Waals surface area contributed by atoms with Crippen LogP contribution in [0.3, 0.4) is 0 Å². The standard InChI is InChI=1S/C18H32N2O3S/c1-15-4-6-16(7-5-15)12-19-9-3-8-18(13-19)14-20(17(18)21)10-11-24(2,22)23/h15-16H,3-14H2,1-2H3/t15?,16?,18-/m0/s1. The lowest BCUT2D eigenvalue weighted by Crippen LogP contribution is -2.67. The van der Waals surface area contributed by atoms with E-state index < -0.39 is 9.84 Å². The summed E-state index contributed by atoms with van der Waals surface area (Å²) in [6, 6.07) is 0. The summed E-state index contributed by atoms with van der Waals surface area (Å²) in [6.45, 7) is 6.60. The molecule has 6 heteroatoms. The number of carbonyl (C=O) groups is 1. The molecule has 0 unspecified atom stereocenters. The number of hydrogen-bond donors (Lipinski definition) is 0. The van der Waals surface area contributed by atoms with Crippen molar-refractivity contribution in [1.82, 2.24) is 9.80 Å². The molecule has 0 radical (unpaired) electrons. The van der Waals surface area contributed by atoms with Crippen molar-refractivity contribution >= 4 is 15.7 Å². The summed E-state index contributed by atoms with van der Waals surface area (Å²) < 4.78 is 22.6. The molecule has 0 aromatic heterocycles. The molecule has 1 saturated carbocycles. The molecule has 0 N–H and O–H groups in total. The van der Waals surface area contributed by atoms with Crippen LogP contribution in [-0.4, -0.2) is 68.9 Å². The molecule has 0 aromatic rings. The van der Waals surface area contributed by atoms with Crippen LogP contribution in [0.1, 0.15) is 45.4 Å². The molecule has 2 heterocycles. The summed E-state index contributed by atoms with van der Waals surface area (Å²) in [5.41, 5.74) is -0.211. The SMILES string of the molecule is CC1CCC(CN2CCC[C@]3(C2)CN(CCS(C)(=O)=O)C3=O)CC1. The predicted octanol–water partition coefficient (Wildman–Crippen LogP) is 1.78. The van der Waals surface area contributed by atoms with Crippen molar-refractivity contribution in [2.75, 3.05) is 44.7 Å². The molecule has 1 spiro atoms. The monoisotopic (exact) mass is 356 g/mol. The summed E-state index contributed by atoms with van der Waals surface area (Å²) in [5.74, 6) is 1.95. The number of nitrogens with zero attached hydrogens (tertiary/aromatic N) is 2. The molecule has 1 amide bonds. The quantitative estimate of drug-likeness (QED) is 0.705. The zero-order valence-corrected chi connectivity index (χ0v) is 16.0. The Labute approximate surface area is 146 Å². The highest BCUT2D eigenvalue weighted by molar-refractivity contribution is 7.90. The summed E-state index contributed by atoms with van der Waals surface area (Å²) in [5, 5.41) is 0. The van der Waals surface area contributed by atoms with Crippen LogP contribution in [0.5, 0.6) is 0 Å². The lowest BCUT2D eigenvalue weighted by atomic mass is 9.72. The minimum Gasteiger partial charge on any atom is -0.340 e. The average Bonchev–Trinajstić information content (AvgIpc) is 2.53. The number of rotatable bonds is 5. The van der Waals surface area contributed by atoms with Gasteiger partial charge in [0.1, 0.15) is 9.84 Å². The Morgan fingerprint density at radius 2 is 1.88 bits per heavy atom. The van der Waals surface area contributed by atoms with Gasteiger partial charge in [0.05, 0.1) is 11.2 Å². The molecule has 0 bridgehead atoms. The van der Waals surface area contributed by atoms with E-state index in [1.54, 1.807) is 4.90 Å². The second-order valence-electron chi connectivity index (χ2n) is 8.60. The number of amides is 1. The third-order valence-corrected chi connectivity index (χ3v) is 7.20. The molecule has 3 aliphatic rings. The molecule has 2 saturated heterocycles. The molecule has 24 heavy (non-hydrogen) atoms. The van der Waals surface area contributed by atoms with E-state index in [0.717, 1.165) is 50.9 Å². The maximum absolute atomic E-state index is 12.6. The summed E-state index contributed by atoms with van der Waals surface area (Å²) >= 11 is 0. The van der Waals surface area contributed by atoms with E-state index in [4.69, 9.17) is 0 Å². The maximum atomic E-state index is 12.6. The van der Waals surface area contributed by atoms with Gasteiger partial charge < -0.3 is 9.80 Å². The van der Waals surface area contributed by atoms with Gasteiger partial charge in [-0.3, -0.25) is 4.79 Å². The second-order valence-corrected chi connectivity index (χ2v) is 10.9. The zero-order valence-electron chi connectivity index (χ0n) is 15.2. The van der Waals surface area contributed by atoms with Crippen LogP contribution in [0.2, 0.25) is 0 Å². The fraction of sp³-hybridized carbons (Fsp3) is 0.944. The molecule has 138 valence electrons. The smallest absolute Gasteiger partial charge is 0.231 e. The summed E-state index contributed by atoms with van der Waals surface area (Å²) in [4.78, 5) is 16.9. The van der Waals surface area contributed by atoms with Crippen LogP contribution in [-0.2, 0) is 14.6 Å². The van der Waals surface area contributed by atoms with Crippen LogP contribution in [0, 0.1) is 17.3 Å². The first-order valence-corrected chi connectivity index (χ1v) is 11.5. The van der Waals surface area contributed by atoms with E-state index in [1.165, 1.54) is 31.9 Å². The van der Waals surface area contributed by atoms with Gasteiger partial charge in [-0.1, -0.05) is 19.8 Å². The van der Waals surface area contributed by atoms with Gasteiger partial charge >= 0.3 is 0 Å². The Hall–Kier alpha value is -0.620. The highest BCUT2D eigenvalue weighted by atomic mass is 32.2. The fourth-order valence-electron chi connectivity index (χ4n) is 4.77. The van der Waals surface area contributed by atoms with Crippen LogP contribution in [0.15, 0.2) is 0 Å². The molecule has 1 aliphatic carbocycles. The van der Waals surface area contributed by atoms with Gasteiger partial charge in [0.15, 0.2) is 0 Å². The zero-order chi connectivity index (χ0) is 17.4. The maximum Gasteiger partial charge on any atom is 0.231 e. The van der Waals surface area contributed by atoms with Gasteiger partial charge in [-0.15, -0.1) is 0 Å². The number of piperidine rings is 1. The van der Waals surface area contributed by atoms with Gasteiger partial charge in [-0.2, -0.15) is 0 Å². The third kappa shape index (κ3) is 4.13. The number of carbonyl (C=O) groups excluding carboxylic acids is 1. The number of sulfone groups is 1. The minimum atomic E-state index is -3.00. The molecular weight excluding hydrogens is 324 g/mol. The Bertz CT molecular complexity index is 569. The molecule has 5 nitrogen and oxygen atoms in total. The molecule has 3 fully saturated rings. The number of hydrogen-bond acceptors (Lipinski definition) is 4. The van der Waals surface area contributed by atoms with E-state index in [1.807, 2.05) is 0 Å². The van der Waals surface area contributed by atoms with Crippen molar-refractivity contribution in [1.29, 1.82) is 0 Å². The summed E-state index contributed by atoms with van der Waals surface area (Å²) in [6.07, 6.45) is 8.66. The minimum absolute atomic E-state index is 0.0821. The normalized spacial score (nSPS) is 35.2. The highest BCUT2D eigenvalue weighted by Crippen LogP contribution is 2.41. The first kappa shape index (κ1) is 18.2. The van der Waals surface area contributed by atoms with Crippen molar-refractivity contribution in [2.24, 2.45) is 17.3 Å². The van der Waals surface area contributed by atoms with E-state index in [9.17, 15) is 13.2 Å². The van der Waals surface area contributed by atoms with Crippen LogP contribution in [0.4, 0.5) is 0 Å². The van der Waals surface area contributed by atoms with E-state index in [-0.39, 0.29) is 17.1 Å². The predicted molar refractivity (Wildman–Crippen MR) is 95.5 cm³/mol.